The van der Waals surface area contributed by atoms with E-state index in [0.29, 0.717) is 11.7 Å². The van der Waals surface area contributed by atoms with Gasteiger partial charge in [0.2, 0.25) is 0 Å². The Balaban J connectivity index is 2.32. The van der Waals surface area contributed by atoms with Crippen molar-refractivity contribution in [3.05, 3.63) is 0 Å². The van der Waals surface area contributed by atoms with E-state index < -0.39 is 5.97 Å². The molecule has 1 heterocycles. The first-order valence-electron chi connectivity index (χ1n) is 5.41. The van der Waals surface area contributed by atoms with Gasteiger partial charge in [-0.05, 0) is 36.9 Å². The van der Waals surface area contributed by atoms with E-state index in [4.69, 9.17) is 5.11 Å². The minimum Gasteiger partial charge on any atom is -0.481 e. The molecule has 1 aliphatic heterocycles. The van der Waals surface area contributed by atoms with Gasteiger partial charge in [-0.25, -0.2) is 0 Å². The van der Waals surface area contributed by atoms with Crippen LogP contribution in [0.1, 0.15) is 39.5 Å². The molecule has 3 heteroatoms. The fraction of sp³-hybridized carbons (Fsp3) is 0.909. The highest BCUT2D eigenvalue weighted by molar-refractivity contribution is 7.99. The molecule has 2 nitrogen and oxygen atoms in total. The summed E-state index contributed by atoms with van der Waals surface area (Å²) in [5, 5.41) is 9.09. The number of thioether (sulfide) groups is 1. The zero-order valence-corrected chi connectivity index (χ0v) is 9.85. The number of carboxylic acid groups (broad SMARTS) is 1. The number of carbonyl (C=O) groups is 1. The number of hydrogen-bond acceptors (Lipinski definition) is 2. The Labute approximate surface area is 90.5 Å². The van der Waals surface area contributed by atoms with E-state index in [-0.39, 0.29) is 0 Å². The molecule has 2 atom stereocenters. The third kappa shape index (κ3) is 4.36. The van der Waals surface area contributed by atoms with E-state index in [1.54, 1.807) is 0 Å². The van der Waals surface area contributed by atoms with Crippen molar-refractivity contribution in [2.24, 2.45) is 11.8 Å². The van der Waals surface area contributed by atoms with Crippen LogP contribution in [0.2, 0.25) is 0 Å². The summed E-state index contributed by atoms with van der Waals surface area (Å²) in [6.45, 7) is 4.49. The maximum atomic E-state index is 10.6. The zero-order valence-electron chi connectivity index (χ0n) is 9.03. The summed E-state index contributed by atoms with van der Waals surface area (Å²) in [6, 6.07) is 0. The lowest BCUT2D eigenvalue weighted by atomic mass is 9.89. The van der Waals surface area contributed by atoms with Gasteiger partial charge in [-0.3, -0.25) is 4.79 Å². The molecular formula is C11H20O2S. The summed E-state index contributed by atoms with van der Waals surface area (Å²) in [5.74, 6) is 2.01. The smallest absolute Gasteiger partial charge is 0.304 e. The fourth-order valence-corrected chi connectivity index (χ4v) is 3.65. The van der Waals surface area contributed by atoms with Crippen molar-refractivity contribution in [3.63, 3.8) is 0 Å². The van der Waals surface area contributed by atoms with Crippen molar-refractivity contribution < 1.29 is 9.90 Å². The molecule has 2 unspecified atom stereocenters. The van der Waals surface area contributed by atoms with Gasteiger partial charge in [0.15, 0.2) is 0 Å². The van der Waals surface area contributed by atoms with Crippen LogP contribution in [0, 0.1) is 11.8 Å². The molecule has 1 fully saturated rings. The Morgan fingerprint density at radius 3 is 2.86 bits per heavy atom. The predicted molar refractivity (Wildman–Crippen MR) is 60.7 cm³/mol. The molecule has 0 aliphatic carbocycles. The third-order valence-corrected chi connectivity index (χ3v) is 3.98. The molecule has 1 saturated heterocycles. The average molecular weight is 216 g/mol. The topological polar surface area (TPSA) is 37.3 Å². The Morgan fingerprint density at radius 2 is 2.29 bits per heavy atom. The summed E-state index contributed by atoms with van der Waals surface area (Å²) in [6.07, 6.45) is 3.99. The van der Waals surface area contributed by atoms with Crippen molar-refractivity contribution in [3.8, 4) is 0 Å². The Bertz CT molecular complexity index is 192. The Morgan fingerprint density at radius 1 is 1.57 bits per heavy atom. The van der Waals surface area contributed by atoms with Crippen LogP contribution in [-0.2, 0) is 4.79 Å². The van der Waals surface area contributed by atoms with Crippen molar-refractivity contribution in [1.82, 2.24) is 0 Å². The average Bonchev–Trinajstić information content (AvgIpc) is 2.01. The molecule has 0 bridgehead atoms. The van der Waals surface area contributed by atoms with Crippen LogP contribution in [0.3, 0.4) is 0 Å². The molecule has 1 N–H and O–H groups in total. The highest BCUT2D eigenvalue weighted by atomic mass is 32.2. The summed E-state index contributed by atoms with van der Waals surface area (Å²) in [7, 11) is 0. The lowest BCUT2D eigenvalue weighted by molar-refractivity contribution is -0.137. The van der Waals surface area contributed by atoms with Crippen LogP contribution < -0.4 is 0 Å². The largest absolute Gasteiger partial charge is 0.481 e. The van der Waals surface area contributed by atoms with E-state index in [0.717, 1.165) is 24.0 Å². The van der Waals surface area contributed by atoms with Gasteiger partial charge in [0.05, 0.1) is 6.42 Å². The SMILES string of the molecule is CC(C)CC1CCSC(CC(=O)O)C1. The van der Waals surface area contributed by atoms with Gasteiger partial charge in [-0.15, -0.1) is 0 Å². The van der Waals surface area contributed by atoms with Crippen molar-refractivity contribution in [2.45, 2.75) is 44.8 Å². The number of rotatable bonds is 4. The fourth-order valence-electron chi connectivity index (χ4n) is 2.18. The zero-order chi connectivity index (χ0) is 10.6. The van der Waals surface area contributed by atoms with Crippen LogP contribution in [-0.4, -0.2) is 22.1 Å². The summed E-state index contributed by atoms with van der Waals surface area (Å²) in [4.78, 5) is 10.6. The molecule has 1 rings (SSSR count). The monoisotopic (exact) mass is 216 g/mol. The second kappa shape index (κ2) is 5.64. The van der Waals surface area contributed by atoms with Gasteiger partial charge >= 0.3 is 5.97 Å². The minimum atomic E-state index is -0.646. The molecule has 0 aromatic heterocycles. The van der Waals surface area contributed by atoms with E-state index in [1.807, 2.05) is 11.8 Å². The van der Waals surface area contributed by atoms with Crippen molar-refractivity contribution >= 4 is 17.7 Å². The van der Waals surface area contributed by atoms with Gasteiger partial charge in [0, 0.05) is 5.25 Å². The van der Waals surface area contributed by atoms with Crippen LogP contribution in [0.5, 0.6) is 0 Å². The van der Waals surface area contributed by atoms with Crippen LogP contribution in [0.4, 0.5) is 0 Å². The second-order valence-electron chi connectivity index (χ2n) is 4.61. The minimum absolute atomic E-state index is 0.346. The molecule has 0 aromatic carbocycles. The molecule has 82 valence electrons. The summed E-state index contributed by atoms with van der Waals surface area (Å²) >= 11 is 1.84. The molecular weight excluding hydrogens is 196 g/mol. The predicted octanol–water partition coefficient (Wildman–Crippen LogP) is 3.02. The van der Waals surface area contributed by atoms with E-state index in [9.17, 15) is 4.79 Å². The lowest BCUT2D eigenvalue weighted by Crippen LogP contribution is -2.22. The highest BCUT2D eigenvalue weighted by Crippen LogP contribution is 2.34. The molecule has 0 radical (unpaired) electrons. The second-order valence-corrected chi connectivity index (χ2v) is 6.02. The number of aliphatic carboxylic acids is 1. The van der Waals surface area contributed by atoms with E-state index in [1.165, 1.54) is 12.8 Å². The molecule has 0 saturated carbocycles. The van der Waals surface area contributed by atoms with Gasteiger partial charge < -0.3 is 5.11 Å². The van der Waals surface area contributed by atoms with Gasteiger partial charge in [0.25, 0.3) is 0 Å². The Kier molecular flexibility index (Phi) is 4.79. The maximum absolute atomic E-state index is 10.6. The van der Waals surface area contributed by atoms with Crippen LogP contribution in [0.15, 0.2) is 0 Å². The molecule has 0 spiro atoms. The van der Waals surface area contributed by atoms with Crippen LogP contribution >= 0.6 is 11.8 Å². The lowest BCUT2D eigenvalue weighted by Gasteiger charge is -2.28. The molecule has 0 amide bonds. The Hall–Kier alpha value is -0.180. The molecule has 1 aliphatic rings. The number of hydrogen-bond donors (Lipinski definition) is 1. The van der Waals surface area contributed by atoms with Gasteiger partial charge in [-0.2, -0.15) is 11.8 Å². The van der Waals surface area contributed by atoms with Crippen molar-refractivity contribution in [1.29, 1.82) is 0 Å². The van der Waals surface area contributed by atoms with E-state index in [2.05, 4.69) is 13.8 Å². The maximum Gasteiger partial charge on any atom is 0.304 e. The molecule has 0 aromatic rings. The normalized spacial score (nSPS) is 27.9. The standard InChI is InChI=1S/C11H20O2S/c1-8(2)5-9-3-4-14-10(6-9)7-11(12)13/h8-10H,3-7H2,1-2H3,(H,12,13). The van der Waals surface area contributed by atoms with E-state index >= 15 is 0 Å². The summed E-state index contributed by atoms with van der Waals surface area (Å²) < 4.78 is 0. The third-order valence-electron chi connectivity index (χ3n) is 2.68. The van der Waals surface area contributed by atoms with Crippen LogP contribution in [0.25, 0.3) is 0 Å². The van der Waals surface area contributed by atoms with Gasteiger partial charge in [-0.1, -0.05) is 13.8 Å². The quantitative estimate of drug-likeness (QED) is 0.785. The number of carboxylic acids is 1. The first-order chi connectivity index (χ1) is 6.58. The highest BCUT2D eigenvalue weighted by Gasteiger charge is 2.24. The van der Waals surface area contributed by atoms with Gasteiger partial charge in [0.1, 0.15) is 0 Å². The summed E-state index contributed by atoms with van der Waals surface area (Å²) in [5.41, 5.74) is 0. The first kappa shape index (κ1) is 11.9. The molecule has 14 heavy (non-hydrogen) atoms. The first-order valence-corrected chi connectivity index (χ1v) is 6.46. The van der Waals surface area contributed by atoms with Crippen molar-refractivity contribution in [2.75, 3.05) is 5.75 Å².